The van der Waals surface area contributed by atoms with Gasteiger partial charge < -0.3 is 10.1 Å². The summed E-state index contributed by atoms with van der Waals surface area (Å²) in [6, 6.07) is 5.93. The van der Waals surface area contributed by atoms with Crippen molar-refractivity contribution in [3.63, 3.8) is 0 Å². The molecule has 1 aliphatic carbocycles. The molecule has 0 bridgehead atoms. The van der Waals surface area contributed by atoms with Crippen molar-refractivity contribution in [3.05, 3.63) is 23.8 Å². The minimum Gasteiger partial charge on any atom is -0.493 e. The van der Waals surface area contributed by atoms with Crippen LogP contribution in [-0.4, -0.2) is 12.5 Å². The summed E-state index contributed by atoms with van der Waals surface area (Å²) in [5.41, 5.74) is 2.11. The third kappa shape index (κ3) is 3.33. The summed E-state index contributed by atoms with van der Waals surface area (Å²) in [7, 11) is 0. The molecular weight excluding hydrogens is 250 g/mol. The van der Waals surface area contributed by atoms with Crippen molar-refractivity contribution < 1.29 is 9.53 Å². The van der Waals surface area contributed by atoms with E-state index in [2.05, 4.69) is 5.32 Å². The summed E-state index contributed by atoms with van der Waals surface area (Å²) in [5, 5.41) is 3.02. The van der Waals surface area contributed by atoms with Gasteiger partial charge in [0.15, 0.2) is 0 Å². The van der Waals surface area contributed by atoms with Crippen LogP contribution in [0.25, 0.3) is 0 Å². The first-order valence-electron chi connectivity index (χ1n) is 7.87. The topological polar surface area (TPSA) is 38.3 Å². The Bertz CT molecular complexity index is 478. The zero-order chi connectivity index (χ0) is 13.8. The van der Waals surface area contributed by atoms with Crippen molar-refractivity contribution in [1.29, 1.82) is 0 Å². The maximum atomic E-state index is 12.0. The highest BCUT2D eigenvalue weighted by Gasteiger charge is 2.16. The van der Waals surface area contributed by atoms with E-state index < -0.39 is 0 Å². The molecule has 1 fully saturated rings. The lowest BCUT2D eigenvalue weighted by Gasteiger charge is -2.21. The molecule has 0 saturated heterocycles. The van der Waals surface area contributed by atoms with Crippen molar-refractivity contribution >= 4 is 11.6 Å². The van der Waals surface area contributed by atoms with Crippen molar-refractivity contribution in [2.75, 3.05) is 11.9 Å². The summed E-state index contributed by atoms with van der Waals surface area (Å²) < 4.78 is 5.47. The molecule has 0 radical (unpaired) electrons. The molecule has 0 spiro atoms. The average molecular weight is 273 g/mol. The van der Waals surface area contributed by atoms with Crippen molar-refractivity contribution in [2.24, 2.45) is 5.92 Å². The number of carbonyl (C=O) groups is 1. The fraction of sp³-hybridized carbons (Fsp3) is 0.588. The Morgan fingerprint density at radius 2 is 2.10 bits per heavy atom. The van der Waals surface area contributed by atoms with Gasteiger partial charge >= 0.3 is 0 Å². The number of hydrogen-bond donors (Lipinski definition) is 1. The first-order chi connectivity index (χ1) is 9.81. The second-order valence-corrected chi connectivity index (χ2v) is 6.01. The molecule has 1 N–H and O–H groups in total. The summed E-state index contributed by atoms with van der Waals surface area (Å²) >= 11 is 0. The van der Waals surface area contributed by atoms with Crippen LogP contribution >= 0.6 is 0 Å². The fourth-order valence-electron chi connectivity index (χ4n) is 3.30. The predicted octanol–water partition coefficient (Wildman–Crippen LogP) is 3.92. The quantitative estimate of drug-likeness (QED) is 0.903. The van der Waals surface area contributed by atoms with E-state index in [1.165, 1.54) is 37.7 Å². The lowest BCUT2D eigenvalue weighted by Crippen LogP contribution is -2.14. The van der Waals surface area contributed by atoms with Crippen LogP contribution < -0.4 is 10.1 Å². The maximum absolute atomic E-state index is 12.0. The monoisotopic (exact) mass is 273 g/mol. The zero-order valence-corrected chi connectivity index (χ0v) is 12.0. The van der Waals surface area contributed by atoms with Crippen LogP contribution in [-0.2, 0) is 11.2 Å². The van der Waals surface area contributed by atoms with E-state index in [4.69, 9.17) is 4.74 Å². The minimum absolute atomic E-state index is 0.148. The van der Waals surface area contributed by atoms with Crippen LogP contribution in [0.1, 0.15) is 50.5 Å². The lowest BCUT2D eigenvalue weighted by atomic mass is 9.86. The predicted molar refractivity (Wildman–Crippen MR) is 80.1 cm³/mol. The third-order valence-electron chi connectivity index (χ3n) is 4.48. The number of anilines is 1. The molecule has 0 unspecified atom stereocenters. The molecule has 3 nitrogen and oxygen atoms in total. The molecule has 1 aliphatic heterocycles. The van der Waals surface area contributed by atoms with Crippen LogP contribution in [0.3, 0.4) is 0 Å². The van der Waals surface area contributed by atoms with Gasteiger partial charge in [-0.05, 0) is 36.1 Å². The van der Waals surface area contributed by atoms with Crippen LogP contribution in [0.4, 0.5) is 5.69 Å². The van der Waals surface area contributed by atoms with E-state index in [-0.39, 0.29) is 5.91 Å². The van der Waals surface area contributed by atoms with Gasteiger partial charge in [-0.25, -0.2) is 0 Å². The SMILES string of the molecule is O=C(CCC1CCCCC1)Nc1ccc2c(c1)CCO2. The number of fused-ring (bicyclic) bond motifs is 1. The van der Waals surface area contributed by atoms with Gasteiger partial charge in [0.25, 0.3) is 0 Å². The first kappa shape index (κ1) is 13.5. The molecule has 108 valence electrons. The van der Waals surface area contributed by atoms with E-state index in [1.54, 1.807) is 0 Å². The molecule has 1 heterocycles. The molecule has 20 heavy (non-hydrogen) atoms. The second kappa shape index (κ2) is 6.29. The Kier molecular flexibility index (Phi) is 4.24. The number of hydrogen-bond acceptors (Lipinski definition) is 2. The van der Waals surface area contributed by atoms with Gasteiger partial charge in [0.1, 0.15) is 5.75 Å². The Morgan fingerprint density at radius 1 is 1.25 bits per heavy atom. The molecule has 1 saturated carbocycles. The van der Waals surface area contributed by atoms with Crippen LogP contribution in [0, 0.1) is 5.92 Å². The highest BCUT2D eigenvalue weighted by Crippen LogP contribution is 2.29. The summed E-state index contributed by atoms with van der Waals surface area (Å²) in [4.78, 5) is 12.0. The summed E-state index contributed by atoms with van der Waals surface area (Å²) in [5.74, 6) is 1.88. The van der Waals surface area contributed by atoms with Crippen molar-refractivity contribution in [2.45, 2.75) is 51.4 Å². The molecule has 1 aromatic carbocycles. The Morgan fingerprint density at radius 3 is 2.95 bits per heavy atom. The van der Waals surface area contributed by atoms with Crippen LogP contribution in [0.5, 0.6) is 5.75 Å². The number of carbonyl (C=O) groups excluding carboxylic acids is 1. The minimum atomic E-state index is 0.148. The zero-order valence-electron chi connectivity index (χ0n) is 12.0. The van der Waals surface area contributed by atoms with E-state index >= 15 is 0 Å². The Balaban J connectivity index is 1.48. The second-order valence-electron chi connectivity index (χ2n) is 6.01. The molecule has 3 heteroatoms. The highest BCUT2D eigenvalue weighted by atomic mass is 16.5. The van der Waals surface area contributed by atoms with Gasteiger partial charge in [-0.3, -0.25) is 4.79 Å². The molecule has 1 amide bonds. The van der Waals surface area contributed by atoms with Gasteiger partial charge in [0, 0.05) is 18.5 Å². The van der Waals surface area contributed by atoms with Crippen molar-refractivity contribution in [1.82, 2.24) is 0 Å². The number of benzene rings is 1. The normalized spacial score (nSPS) is 18.4. The standard InChI is InChI=1S/C17H23NO2/c19-17(9-6-13-4-2-1-3-5-13)18-15-7-8-16-14(12-15)10-11-20-16/h7-8,12-13H,1-6,9-11H2,(H,18,19). The van der Waals surface area contributed by atoms with E-state index in [9.17, 15) is 4.79 Å². The lowest BCUT2D eigenvalue weighted by molar-refractivity contribution is -0.116. The smallest absolute Gasteiger partial charge is 0.224 e. The summed E-state index contributed by atoms with van der Waals surface area (Å²) in [6.45, 7) is 0.758. The summed E-state index contributed by atoms with van der Waals surface area (Å²) in [6.07, 6.45) is 9.32. The van der Waals surface area contributed by atoms with Gasteiger partial charge in [-0.2, -0.15) is 0 Å². The average Bonchev–Trinajstić information content (AvgIpc) is 2.94. The van der Waals surface area contributed by atoms with E-state index in [0.717, 1.165) is 36.8 Å². The van der Waals surface area contributed by atoms with Crippen LogP contribution in [0.15, 0.2) is 18.2 Å². The third-order valence-corrected chi connectivity index (χ3v) is 4.48. The molecule has 0 atom stereocenters. The molecule has 0 aromatic heterocycles. The molecule has 2 aliphatic rings. The fourth-order valence-corrected chi connectivity index (χ4v) is 3.30. The number of ether oxygens (including phenoxy) is 1. The van der Waals surface area contributed by atoms with Crippen LogP contribution in [0.2, 0.25) is 0 Å². The van der Waals surface area contributed by atoms with Gasteiger partial charge in [0.05, 0.1) is 6.61 Å². The van der Waals surface area contributed by atoms with Gasteiger partial charge in [-0.1, -0.05) is 32.1 Å². The largest absolute Gasteiger partial charge is 0.493 e. The maximum Gasteiger partial charge on any atom is 0.224 e. The highest BCUT2D eigenvalue weighted by molar-refractivity contribution is 5.90. The molecular formula is C17H23NO2. The van der Waals surface area contributed by atoms with E-state index in [1.807, 2.05) is 18.2 Å². The molecule has 1 aromatic rings. The van der Waals surface area contributed by atoms with Gasteiger partial charge in [0.2, 0.25) is 5.91 Å². The van der Waals surface area contributed by atoms with Gasteiger partial charge in [-0.15, -0.1) is 0 Å². The van der Waals surface area contributed by atoms with E-state index in [0.29, 0.717) is 6.42 Å². The van der Waals surface area contributed by atoms with Crippen molar-refractivity contribution in [3.8, 4) is 5.75 Å². The molecule has 3 rings (SSSR count). The number of rotatable bonds is 4. The number of amides is 1. The number of nitrogens with one attached hydrogen (secondary N) is 1. The first-order valence-corrected chi connectivity index (χ1v) is 7.87. The Hall–Kier alpha value is -1.51. The Labute approximate surface area is 120 Å².